The van der Waals surface area contributed by atoms with Gasteiger partial charge in [-0.1, -0.05) is 26.0 Å². The van der Waals surface area contributed by atoms with Crippen LogP contribution in [0.3, 0.4) is 0 Å². The summed E-state index contributed by atoms with van der Waals surface area (Å²) in [4.78, 5) is 27.7. The van der Waals surface area contributed by atoms with E-state index in [1.165, 1.54) is 6.07 Å². The molecule has 136 valence electrons. The normalized spacial score (nSPS) is 13.9. The lowest BCUT2D eigenvalue weighted by Crippen LogP contribution is -2.51. The van der Waals surface area contributed by atoms with Crippen molar-refractivity contribution in [3.05, 3.63) is 30.1 Å². The van der Waals surface area contributed by atoms with Crippen LogP contribution in [0, 0.1) is 5.92 Å². The molecule has 0 radical (unpaired) electrons. The highest BCUT2D eigenvalue weighted by Gasteiger charge is 2.28. The van der Waals surface area contributed by atoms with E-state index in [1.807, 2.05) is 0 Å². The molecular weight excluding hydrogens is 332 g/mol. The number of primary amides is 1. The first kappa shape index (κ1) is 18.6. The van der Waals surface area contributed by atoms with Crippen LogP contribution >= 0.6 is 0 Å². The first-order valence-electron chi connectivity index (χ1n) is 7.83. The van der Waals surface area contributed by atoms with Gasteiger partial charge in [-0.25, -0.2) is 9.78 Å². The number of aromatic nitrogens is 2. The Bertz CT molecular complexity index is 775. The number of amides is 3. The number of para-hydroxylation sites is 2. The molecular formula is C16H21F2N5O2. The highest BCUT2D eigenvalue weighted by atomic mass is 19.3. The molecule has 1 heterocycles. The highest BCUT2D eigenvalue weighted by molar-refractivity contribution is 5.87. The topological polar surface area (TPSA) is 102 Å². The average molecular weight is 353 g/mol. The molecule has 9 heteroatoms. The Labute approximate surface area is 143 Å². The van der Waals surface area contributed by atoms with Crippen molar-refractivity contribution in [1.29, 1.82) is 0 Å². The van der Waals surface area contributed by atoms with Crippen LogP contribution in [0.4, 0.5) is 13.6 Å². The molecule has 0 fully saturated rings. The van der Waals surface area contributed by atoms with Crippen LogP contribution in [0.1, 0.15) is 39.2 Å². The minimum atomic E-state index is -2.80. The predicted molar refractivity (Wildman–Crippen MR) is 88.9 cm³/mol. The summed E-state index contributed by atoms with van der Waals surface area (Å²) in [5, 5.41) is 4.96. The SMILES string of the molecule is CC(NC(=O)[C@H](NC(N)=O)C(C)C)c1nc2ccccc2n1C(F)F. The number of hydrogen-bond donors (Lipinski definition) is 3. The van der Waals surface area contributed by atoms with Crippen LogP contribution in [-0.4, -0.2) is 27.5 Å². The van der Waals surface area contributed by atoms with Crippen molar-refractivity contribution < 1.29 is 18.4 Å². The van der Waals surface area contributed by atoms with Gasteiger partial charge in [0.05, 0.1) is 17.1 Å². The van der Waals surface area contributed by atoms with Crippen LogP contribution < -0.4 is 16.4 Å². The third-order valence-electron chi connectivity index (χ3n) is 3.81. The van der Waals surface area contributed by atoms with Gasteiger partial charge < -0.3 is 16.4 Å². The maximum atomic E-state index is 13.5. The predicted octanol–water partition coefficient (Wildman–Crippen LogP) is 2.30. The molecule has 25 heavy (non-hydrogen) atoms. The van der Waals surface area contributed by atoms with Crippen LogP contribution in [0.2, 0.25) is 0 Å². The standard InChI is InChI=1S/C16H21F2N5O2/c1-8(2)12(22-16(19)25)14(24)20-9(3)13-21-10-6-4-5-7-11(10)23(13)15(17)18/h4-9,12,15H,1-3H3,(H,20,24)(H3,19,22,25)/t9?,12-/m1/s1. The summed E-state index contributed by atoms with van der Waals surface area (Å²) in [6.45, 7) is 2.23. The lowest BCUT2D eigenvalue weighted by atomic mass is 10.0. The molecule has 2 atom stereocenters. The molecule has 2 aromatic rings. The fourth-order valence-corrected chi connectivity index (χ4v) is 2.63. The van der Waals surface area contributed by atoms with Crippen molar-refractivity contribution in [3.63, 3.8) is 0 Å². The zero-order chi connectivity index (χ0) is 18.7. The van der Waals surface area contributed by atoms with Gasteiger partial charge in [0.2, 0.25) is 5.91 Å². The van der Waals surface area contributed by atoms with Gasteiger partial charge in [-0.15, -0.1) is 0 Å². The van der Waals surface area contributed by atoms with Crippen molar-refractivity contribution in [2.24, 2.45) is 11.7 Å². The number of imidazole rings is 1. The number of urea groups is 1. The number of benzene rings is 1. The summed E-state index contributed by atoms with van der Waals surface area (Å²) in [7, 11) is 0. The maximum Gasteiger partial charge on any atom is 0.320 e. The van der Waals surface area contributed by atoms with E-state index in [-0.39, 0.29) is 17.3 Å². The Kier molecular flexibility index (Phi) is 5.55. The molecule has 2 rings (SSSR count). The lowest BCUT2D eigenvalue weighted by molar-refractivity contribution is -0.124. The van der Waals surface area contributed by atoms with E-state index < -0.39 is 30.6 Å². The minimum Gasteiger partial charge on any atom is -0.352 e. The van der Waals surface area contributed by atoms with Gasteiger partial charge in [0, 0.05) is 0 Å². The summed E-state index contributed by atoms with van der Waals surface area (Å²) in [6, 6.07) is 4.01. The van der Waals surface area contributed by atoms with Crippen molar-refractivity contribution in [1.82, 2.24) is 20.2 Å². The quantitative estimate of drug-likeness (QED) is 0.742. The summed E-state index contributed by atoms with van der Waals surface area (Å²) in [5.74, 6) is -0.714. The van der Waals surface area contributed by atoms with Crippen LogP contribution in [0.15, 0.2) is 24.3 Å². The molecule has 1 aromatic heterocycles. The first-order chi connectivity index (χ1) is 11.7. The molecule has 0 aliphatic rings. The third kappa shape index (κ3) is 4.04. The van der Waals surface area contributed by atoms with Crippen molar-refractivity contribution in [3.8, 4) is 0 Å². The first-order valence-corrected chi connectivity index (χ1v) is 7.83. The fraction of sp³-hybridized carbons (Fsp3) is 0.438. The minimum absolute atomic E-state index is 0.0335. The van der Waals surface area contributed by atoms with E-state index in [1.54, 1.807) is 39.0 Å². The van der Waals surface area contributed by atoms with E-state index in [0.29, 0.717) is 5.52 Å². The summed E-state index contributed by atoms with van der Waals surface area (Å²) in [5.41, 5.74) is 5.77. The zero-order valence-corrected chi connectivity index (χ0v) is 14.2. The van der Waals surface area contributed by atoms with Gasteiger partial charge in [0.15, 0.2) is 0 Å². The maximum absolute atomic E-state index is 13.5. The highest BCUT2D eigenvalue weighted by Crippen LogP contribution is 2.26. The van der Waals surface area contributed by atoms with E-state index in [2.05, 4.69) is 15.6 Å². The lowest BCUT2D eigenvalue weighted by Gasteiger charge is -2.23. The van der Waals surface area contributed by atoms with Gasteiger partial charge in [0.1, 0.15) is 11.9 Å². The van der Waals surface area contributed by atoms with Crippen LogP contribution in [-0.2, 0) is 4.79 Å². The average Bonchev–Trinajstić information content (AvgIpc) is 2.91. The number of fused-ring (bicyclic) bond motifs is 1. The van der Waals surface area contributed by atoms with Gasteiger partial charge in [-0.2, -0.15) is 8.78 Å². The Balaban J connectivity index is 2.30. The van der Waals surface area contributed by atoms with Crippen molar-refractivity contribution >= 4 is 23.0 Å². The Morgan fingerprint density at radius 1 is 1.16 bits per heavy atom. The molecule has 1 aromatic carbocycles. The van der Waals surface area contributed by atoms with E-state index in [4.69, 9.17) is 5.73 Å². The Morgan fingerprint density at radius 3 is 2.36 bits per heavy atom. The second kappa shape index (κ2) is 7.45. The van der Waals surface area contributed by atoms with Gasteiger partial charge >= 0.3 is 12.6 Å². The number of nitrogens with two attached hydrogens (primary N) is 1. The van der Waals surface area contributed by atoms with Crippen LogP contribution in [0.5, 0.6) is 0 Å². The molecule has 0 saturated carbocycles. The molecule has 0 aliphatic heterocycles. The number of alkyl halides is 2. The number of rotatable bonds is 6. The Hall–Kier alpha value is -2.71. The fourth-order valence-electron chi connectivity index (χ4n) is 2.63. The second-order valence-corrected chi connectivity index (χ2v) is 6.07. The molecule has 3 amide bonds. The molecule has 0 spiro atoms. The van der Waals surface area contributed by atoms with Crippen molar-refractivity contribution in [2.75, 3.05) is 0 Å². The van der Waals surface area contributed by atoms with Gasteiger partial charge in [-0.3, -0.25) is 9.36 Å². The van der Waals surface area contributed by atoms with Crippen LogP contribution in [0.25, 0.3) is 11.0 Å². The van der Waals surface area contributed by atoms with Crippen molar-refractivity contribution in [2.45, 2.75) is 39.4 Å². The zero-order valence-electron chi connectivity index (χ0n) is 14.2. The molecule has 0 aliphatic carbocycles. The monoisotopic (exact) mass is 353 g/mol. The number of carbonyl (C=O) groups excluding carboxylic acids is 2. The number of carbonyl (C=O) groups is 2. The number of hydrogen-bond acceptors (Lipinski definition) is 3. The van der Waals surface area contributed by atoms with E-state index >= 15 is 0 Å². The molecule has 0 bridgehead atoms. The Morgan fingerprint density at radius 2 is 1.80 bits per heavy atom. The largest absolute Gasteiger partial charge is 0.352 e. The van der Waals surface area contributed by atoms with Gasteiger partial charge in [0.25, 0.3) is 0 Å². The third-order valence-corrected chi connectivity index (χ3v) is 3.81. The number of nitrogens with zero attached hydrogens (tertiary/aromatic N) is 2. The molecule has 1 unspecified atom stereocenters. The summed E-state index contributed by atoms with van der Waals surface area (Å²) >= 11 is 0. The number of nitrogens with one attached hydrogen (secondary N) is 2. The molecule has 0 saturated heterocycles. The van der Waals surface area contributed by atoms with Gasteiger partial charge in [-0.05, 0) is 25.0 Å². The second-order valence-electron chi connectivity index (χ2n) is 6.07. The van der Waals surface area contributed by atoms with E-state index in [0.717, 1.165) is 4.57 Å². The molecule has 4 N–H and O–H groups in total. The summed E-state index contributed by atoms with van der Waals surface area (Å²) in [6.07, 6.45) is 0. The smallest absolute Gasteiger partial charge is 0.320 e. The van der Waals surface area contributed by atoms with E-state index in [9.17, 15) is 18.4 Å². The number of halogens is 2. The molecule has 7 nitrogen and oxygen atoms in total. The summed E-state index contributed by atoms with van der Waals surface area (Å²) < 4.78 is 27.8.